The summed E-state index contributed by atoms with van der Waals surface area (Å²) in [6, 6.07) is 6.12. The molecule has 0 heterocycles. The van der Waals surface area contributed by atoms with Crippen molar-refractivity contribution in [2.45, 2.75) is 97.4 Å². The van der Waals surface area contributed by atoms with Crippen LogP contribution in [0.15, 0.2) is 24.3 Å². The number of ether oxygens (including phenoxy) is 1. The highest BCUT2D eigenvalue weighted by Crippen LogP contribution is 2.34. The molecular formula is C25H39N3O4. The molecule has 0 saturated heterocycles. The van der Waals surface area contributed by atoms with Crippen molar-refractivity contribution in [3.05, 3.63) is 35.4 Å². The van der Waals surface area contributed by atoms with Crippen molar-refractivity contribution in [2.75, 3.05) is 6.54 Å². The first-order valence-electron chi connectivity index (χ1n) is 11.7. The van der Waals surface area contributed by atoms with E-state index in [4.69, 9.17) is 4.74 Å². The molecule has 0 bridgehead atoms. The van der Waals surface area contributed by atoms with Gasteiger partial charge in [-0.2, -0.15) is 0 Å². The Morgan fingerprint density at radius 3 is 2.44 bits per heavy atom. The van der Waals surface area contributed by atoms with E-state index in [1.165, 1.54) is 0 Å². The average molecular weight is 446 g/mol. The maximum Gasteiger partial charge on any atom is 0.408 e. The highest BCUT2D eigenvalue weighted by atomic mass is 16.6. The molecule has 7 nitrogen and oxygen atoms in total. The number of benzene rings is 1. The Hall–Kier alpha value is -2.57. The van der Waals surface area contributed by atoms with Gasteiger partial charge in [-0.05, 0) is 65.9 Å². The molecule has 1 aliphatic rings. The smallest absolute Gasteiger partial charge is 0.408 e. The van der Waals surface area contributed by atoms with Crippen LogP contribution in [0.4, 0.5) is 4.79 Å². The molecule has 2 atom stereocenters. The van der Waals surface area contributed by atoms with E-state index in [1.54, 1.807) is 32.6 Å². The zero-order valence-electron chi connectivity index (χ0n) is 20.4. The minimum atomic E-state index is -0.818. The van der Waals surface area contributed by atoms with Gasteiger partial charge < -0.3 is 20.3 Å². The summed E-state index contributed by atoms with van der Waals surface area (Å²) in [5.41, 5.74) is 1.14. The van der Waals surface area contributed by atoms with Gasteiger partial charge in [0.05, 0.1) is 0 Å². The first-order chi connectivity index (χ1) is 15.0. The second-order valence-electron chi connectivity index (χ2n) is 9.66. The van der Waals surface area contributed by atoms with Crippen molar-refractivity contribution in [3.63, 3.8) is 0 Å². The van der Waals surface area contributed by atoms with Crippen LogP contribution in [0, 0.1) is 6.92 Å². The Morgan fingerprint density at radius 1 is 1.22 bits per heavy atom. The Bertz CT molecular complexity index is 799. The fourth-order valence-electron chi connectivity index (χ4n) is 3.72. The van der Waals surface area contributed by atoms with E-state index in [0.29, 0.717) is 6.54 Å². The van der Waals surface area contributed by atoms with Gasteiger partial charge in [0.15, 0.2) is 0 Å². The summed E-state index contributed by atoms with van der Waals surface area (Å²) in [4.78, 5) is 40.9. The number of carbonyl (C=O) groups is 3. The normalized spacial score (nSPS) is 15.8. The van der Waals surface area contributed by atoms with Gasteiger partial charge in [0.2, 0.25) is 11.8 Å². The molecule has 2 N–H and O–H groups in total. The second kappa shape index (κ2) is 11.3. The lowest BCUT2D eigenvalue weighted by atomic mass is 9.88. The van der Waals surface area contributed by atoms with E-state index in [9.17, 15) is 14.4 Å². The van der Waals surface area contributed by atoms with Crippen LogP contribution in [0.2, 0.25) is 0 Å². The van der Waals surface area contributed by atoms with Gasteiger partial charge in [-0.15, -0.1) is 0 Å². The molecule has 2 rings (SSSR count). The Morgan fingerprint density at radius 2 is 1.91 bits per heavy atom. The van der Waals surface area contributed by atoms with Gasteiger partial charge in [0, 0.05) is 12.6 Å². The summed E-state index contributed by atoms with van der Waals surface area (Å²) < 4.78 is 5.31. The van der Waals surface area contributed by atoms with Gasteiger partial charge in [0.1, 0.15) is 17.7 Å². The molecular weight excluding hydrogens is 406 g/mol. The molecule has 3 amide bonds. The zero-order chi connectivity index (χ0) is 23.9. The fourth-order valence-corrected chi connectivity index (χ4v) is 3.72. The van der Waals surface area contributed by atoms with Crippen molar-refractivity contribution in [3.8, 4) is 0 Å². The van der Waals surface area contributed by atoms with Gasteiger partial charge >= 0.3 is 6.09 Å². The molecule has 0 radical (unpaired) electrons. The third-order valence-electron chi connectivity index (χ3n) is 5.54. The lowest BCUT2D eigenvalue weighted by molar-refractivity contribution is -0.147. The maximum absolute atomic E-state index is 13.6. The first kappa shape index (κ1) is 25.7. The molecule has 0 aliphatic heterocycles. The largest absolute Gasteiger partial charge is 0.444 e. The van der Waals surface area contributed by atoms with Gasteiger partial charge in [-0.3, -0.25) is 9.59 Å². The summed E-state index contributed by atoms with van der Waals surface area (Å²) in [6.45, 7) is 11.6. The number of rotatable bonds is 9. The molecule has 2 unspecified atom stereocenters. The zero-order valence-corrected chi connectivity index (χ0v) is 20.4. The Kier molecular flexibility index (Phi) is 9.10. The highest BCUT2D eigenvalue weighted by molar-refractivity contribution is 5.92. The van der Waals surface area contributed by atoms with E-state index >= 15 is 0 Å². The van der Waals surface area contributed by atoms with Gasteiger partial charge in [-0.1, -0.05) is 43.2 Å². The van der Waals surface area contributed by atoms with Gasteiger partial charge in [0.25, 0.3) is 0 Å². The van der Waals surface area contributed by atoms with Crippen molar-refractivity contribution in [1.82, 2.24) is 15.5 Å². The molecule has 1 aliphatic carbocycles. The van der Waals surface area contributed by atoms with Crippen molar-refractivity contribution in [1.29, 1.82) is 0 Å². The predicted octanol–water partition coefficient (Wildman–Crippen LogP) is 4.25. The first-order valence-corrected chi connectivity index (χ1v) is 11.7. The lowest BCUT2D eigenvalue weighted by Gasteiger charge is -2.43. The van der Waals surface area contributed by atoms with Crippen LogP contribution in [0.3, 0.4) is 0 Å². The molecule has 0 spiro atoms. The van der Waals surface area contributed by atoms with Crippen LogP contribution in [0.1, 0.15) is 83.9 Å². The lowest BCUT2D eigenvalue weighted by Crippen LogP contribution is -2.56. The number of unbranched alkanes of at least 4 members (excludes halogenated alkanes) is 1. The number of hydrogen-bond acceptors (Lipinski definition) is 4. The number of alkyl carbamates (subject to hydrolysis) is 1. The molecule has 1 fully saturated rings. The molecule has 1 aromatic rings. The standard InChI is InChI=1S/C25H39N3O4/c1-7-8-15-26-22(29)21(19-12-9-11-17(2)16-19)28(20-13-10-14-20)23(30)18(3)27-24(31)32-25(4,5)6/h9,11-12,16,18,20-21H,7-8,10,13-15H2,1-6H3,(H,26,29)(H,27,31). The molecule has 32 heavy (non-hydrogen) atoms. The highest BCUT2D eigenvalue weighted by Gasteiger charge is 2.40. The number of amides is 3. The summed E-state index contributed by atoms with van der Waals surface area (Å²) in [5.74, 6) is -0.466. The van der Waals surface area contributed by atoms with Crippen LogP contribution in [0.25, 0.3) is 0 Å². The minimum Gasteiger partial charge on any atom is -0.444 e. The van der Waals surface area contributed by atoms with Crippen molar-refractivity contribution >= 4 is 17.9 Å². The van der Waals surface area contributed by atoms with Crippen molar-refractivity contribution in [2.24, 2.45) is 0 Å². The third kappa shape index (κ3) is 7.24. The van der Waals surface area contributed by atoms with E-state index in [1.807, 2.05) is 31.2 Å². The monoisotopic (exact) mass is 445 g/mol. The third-order valence-corrected chi connectivity index (χ3v) is 5.54. The van der Waals surface area contributed by atoms with E-state index < -0.39 is 23.8 Å². The van der Waals surface area contributed by atoms with Crippen LogP contribution in [-0.2, 0) is 14.3 Å². The molecule has 0 aromatic heterocycles. The molecule has 7 heteroatoms. The van der Waals surface area contributed by atoms with Crippen LogP contribution in [-0.4, -0.2) is 47.0 Å². The van der Waals surface area contributed by atoms with Crippen LogP contribution in [0.5, 0.6) is 0 Å². The molecule has 178 valence electrons. The number of hydrogen-bond donors (Lipinski definition) is 2. The topological polar surface area (TPSA) is 87.7 Å². The number of aryl methyl sites for hydroxylation is 1. The quantitative estimate of drug-likeness (QED) is 0.556. The Balaban J connectivity index is 2.32. The number of nitrogens with one attached hydrogen (secondary N) is 2. The van der Waals surface area contributed by atoms with E-state index in [2.05, 4.69) is 17.6 Å². The average Bonchev–Trinajstić information content (AvgIpc) is 2.64. The predicted molar refractivity (Wildman–Crippen MR) is 125 cm³/mol. The number of nitrogens with zero attached hydrogens (tertiary/aromatic N) is 1. The van der Waals surface area contributed by atoms with E-state index in [-0.39, 0.29) is 17.9 Å². The maximum atomic E-state index is 13.6. The van der Waals surface area contributed by atoms with Gasteiger partial charge in [-0.25, -0.2) is 4.79 Å². The summed E-state index contributed by atoms with van der Waals surface area (Å²) in [7, 11) is 0. The van der Waals surface area contributed by atoms with E-state index in [0.717, 1.165) is 43.2 Å². The minimum absolute atomic E-state index is 0.0344. The fraction of sp³-hybridized carbons (Fsp3) is 0.640. The summed E-state index contributed by atoms with van der Waals surface area (Å²) >= 11 is 0. The molecule has 1 aromatic carbocycles. The SMILES string of the molecule is CCCCNC(=O)C(c1cccc(C)c1)N(C(=O)C(C)NC(=O)OC(C)(C)C)C1CCC1. The van der Waals surface area contributed by atoms with Crippen LogP contribution >= 0.6 is 0 Å². The van der Waals surface area contributed by atoms with Crippen LogP contribution < -0.4 is 10.6 Å². The summed E-state index contributed by atoms with van der Waals surface area (Å²) in [5, 5.41) is 5.65. The number of carbonyl (C=O) groups excluding carboxylic acids is 3. The Labute approximate surface area is 192 Å². The molecule has 1 saturated carbocycles. The van der Waals surface area contributed by atoms with Crippen molar-refractivity contribution < 1.29 is 19.1 Å². The summed E-state index contributed by atoms with van der Waals surface area (Å²) in [6.07, 6.45) is 3.90. The second-order valence-corrected chi connectivity index (χ2v) is 9.66.